The van der Waals surface area contributed by atoms with Gasteiger partial charge in [0.15, 0.2) is 11.5 Å². The number of rotatable bonds is 8. The van der Waals surface area contributed by atoms with Crippen molar-refractivity contribution in [2.45, 2.75) is 38.3 Å². The van der Waals surface area contributed by atoms with E-state index in [-0.39, 0.29) is 0 Å². The van der Waals surface area contributed by atoms with E-state index < -0.39 is 0 Å². The predicted octanol–water partition coefficient (Wildman–Crippen LogP) is 4.66. The zero-order valence-electron chi connectivity index (χ0n) is 14.7. The molecule has 134 valence electrons. The molecule has 1 aliphatic carbocycles. The number of ether oxygens (including phenoxy) is 2. The molecule has 5 heteroatoms. The molecule has 25 heavy (non-hydrogen) atoms. The van der Waals surface area contributed by atoms with Gasteiger partial charge in [-0.1, -0.05) is 6.07 Å². The first-order valence-corrected chi connectivity index (χ1v) is 9.38. The minimum absolute atomic E-state index is 0.295. The molecule has 0 saturated heterocycles. The van der Waals surface area contributed by atoms with Crippen LogP contribution in [0.4, 0.5) is 5.69 Å². The lowest BCUT2D eigenvalue weighted by molar-refractivity contribution is 0.201. The molecule has 0 radical (unpaired) electrons. The zero-order chi connectivity index (χ0) is 17.5. The molecule has 0 spiro atoms. The number of pyridine rings is 1. The average Bonchev–Trinajstić information content (AvgIpc) is 3.15. The van der Waals surface area contributed by atoms with Crippen LogP contribution in [0.25, 0.3) is 0 Å². The quantitative estimate of drug-likeness (QED) is 0.641. The van der Waals surface area contributed by atoms with E-state index >= 15 is 0 Å². The molecule has 1 heterocycles. The van der Waals surface area contributed by atoms with Gasteiger partial charge in [0, 0.05) is 43.1 Å². The predicted molar refractivity (Wildman–Crippen MR) is 102 cm³/mol. The third-order valence-corrected chi connectivity index (χ3v) is 4.73. The average molecular weight is 361 g/mol. The second-order valence-corrected chi connectivity index (χ2v) is 6.71. The Balaban J connectivity index is 1.82. The lowest BCUT2D eigenvalue weighted by Gasteiger charge is -2.25. The first-order valence-electron chi connectivity index (χ1n) is 8.84. The maximum absolute atomic E-state index is 6.22. The Morgan fingerprint density at radius 3 is 2.72 bits per heavy atom. The summed E-state index contributed by atoms with van der Waals surface area (Å²) in [6.45, 7) is 1.52. The van der Waals surface area contributed by atoms with Crippen molar-refractivity contribution in [2.24, 2.45) is 0 Å². The summed E-state index contributed by atoms with van der Waals surface area (Å²) >= 11 is 6.03. The Bertz CT molecular complexity index is 660. The van der Waals surface area contributed by atoms with E-state index in [9.17, 15) is 0 Å². The standard InChI is InChI=1S/C20H25ClN2O2/c1-24-19-9-8-17(13-20(19)25-18-6-2-3-7-18)23(12-10-21)15-16-5-4-11-22-14-16/h4-5,8-9,11,13-14,18H,2-3,6-7,10,12,15H2,1H3. The molecule has 3 rings (SSSR count). The van der Waals surface area contributed by atoms with Crippen molar-refractivity contribution in [3.63, 3.8) is 0 Å². The van der Waals surface area contributed by atoms with Crippen LogP contribution in [-0.2, 0) is 6.54 Å². The highest BCUT2D eigenvalue weighted by molar-refractivity contribution is 6.18. The van der Waals surface area contributed by atoms with Crippen LogP contribution >= 0.6 is 11.6 Å². The second kappa shape index (κ2) is 8.95. The fourth-order valence-corrected chi connectivity index (χ4v) is 3.46. The molecule has 1 aromatic heterocycles. The third-order valence-electron chi connectivity index (χ3n) is 4.56. The molecule has 1 fully saturated rings. The summed E-state index contributed by atoms with van der Waals surface area (Å²) in [5, 5.41) is 0. The van der Waals surface area contributed by atoms with Crippen LogP contribution in [0.15, 0.2) is 42.7 Å². The van der Waals surface area contributed by atoms with Gasteiger partial charge in [-0.3, -0.25) is 4.98 Å². The van der Waals surface area contributed by atoms with Gasteiger partial charge in [-0.15, -0.1) is 11.6 Å². The van der Waals surface area contributed by atoms with Crippen LogP contribution in [0, 0.1) is 0 Å². The summed E-state index contributed by atoms with van der Waals surface area (Å²) in [6.07, 6.45) is 8.70. The van der Waals surface area contributed by atoms with Crippen LogP contribution in [-0.4, -0.2) is 30.6 Å². The molecule has 0 atom stereocenters. The molecule has 0 unspecified atom stereocenters. The molecule has 1 saturated carbocycles. The van der Waals surface area contributed by atoms with Gasteiger partial charge in [-0.05, 0) is 49.4 Å². The minimum atomic E-state index is 0.295. The Labute approximate surface area is 154 Å². The monoisotopic (exact) mass is 360 g/mol. The largest absolute Gasteiger partial charge is 0.493 e. The third kappa shape index (κ3) is 4.79. The molecular weight excluding hydrogens is 336 g/mol. The molecular formula is C20H25ClN2O2. The summed E-state index contributed by atoms with van der Waals surface area (Å²) in [7, 11) is 1.68. The second-order valence-electron chi connectivity index (χ2n) is 6.33. The van der Waals surface area contributed by atoms with E-state index in [0.717, 1.165) is 48.7 Å². The number of hydrogen-bond acceptors (Lipinski definition) is 4. The summed E-state index contributed by atoms with van der Waals surface area (Å²) in [5.74, 6) is 2.16. The molecule has 0 aliphatic heterocycles. The highest BCUT2D eigenvalue weighted by Crippen LogP contribution is 2.35. The number of anilines is 1. The fourth-order valence-electron chi connectivity index (χ4n) is 3.25. The van der Waals surface area contributed by atoms with E-state index in [1.165, 1.54) is 12.8 Å². The Kier molecular flexibility index (Phi) is 6.40. The molecule has 0 amide bonds. The molecule has 0 N–H and O–H groups in total. The molecule has 1 aliphatic rings. The minimum Gasteiger partial charge on any atom is -0.493 e. The number of halogens is 1. The SMILES string of the molecule is COc1ccc(N(CCCl)Cc2cccnc2)cc1OC1CCCC1. The molecule has 1 aromatic carbocycles. The van der Waals surface area contributed by atoms with Crippen LogP contribution in [0.3, 0.4) is 0 Å². The van der Waals surface area contributed by atoms with Gasteiger partial charge in [-0.2, -0.15) is 0 Å². The maximum Gasteiger partial charge on any atom is 0.163 e. The number of hydrogen-bond donors (Lipinski definition) is 0. The van der Waals surface area contributed by atoms with E-state index in [1.54, 1.807) is 13.3 Å². The van der Waals surface area contributed by atoms with E-state index in [1.807, 2.05) is 18.3 Å². The first kappa shape index (κ1) is 17.9. The zero-order valence-corrected chi connectivity index (χ0v) is 15.4. The first-order chi connectivity index (χ1) is 12.3. The highest BCUT2D eigenvalue weighted by Gasteiger charge is 2.19. The number of alkyl halides is 1. The number of benzene rings is 1. The molecule has 2 aromatic rings. The smallest absolute Gasteiger partial charge is 0.163 e. The Morgan fingerprint density at radius 2 is 2.04 bits per heavy atom. The number of aromatic nitrogens is 1. The van der Waals surface area contributed by atoms with Crippen molar-refractivity contribution in [3.05, 3.63) is 48.3 Å². The van der Waals surface area contributed by atoms with Crippen molar-refractivity contribution < 1.29 is 9.47 Å². The summed E-state index contributed by atoms with van der Waals surface area (Å²) in [5.41, 5.74) is 2.24. The lowest BCUT2D eigenvalue weighted by atomic mass is 10.2. The van der Waals surface area contributed by atoms with Crippen molar-refractivity contribution in [1.82, 2.24) is 4.98 Å². The topological polar surface area (TPSA) is 34.6 Å². The summed E-state index contributed by atoms with van der Waals surface area (Å²) < 4.78 is 11.7. The maximum atomic E-state index is 6.22. The Hall–Kier alpha value is -1.94. The van der Waals surface area contributed by atoms with Gasteiger partial charge >= 0.3 is 0 Å². The van der Waals surface area contributed by atoms with Crippen LogP contribution < -0.4 is 14.4 Å². The highest BCUT2D eigenvalue weighted by atomic mass is 35.5. The van der Waals surface area contributed by atoms with Crippen molar-refractivity contribution in [2.75, 3.05) is 24.4 Å². The van der Waals surface area contributed by atoms with E-state index in [4.69, 9.17) is 21.1 Å². The van der Waals surface area contributed by atoms with Crippen LogP contribution in [0.1, 0.15) is 31.2 Å². The van der Waals surface area contributed by atoms with Gasteiger partial charge in [-0.25, -0.2) is 0 Å². The van der Waals surface area contributed by atoms with E-state index in [0.29, 0.717) is 12.0 Å². The number of methoxy groups -OCH3 is 1. The van der Waals surface area contributed by atoms with Gasteiger partial charge in [0.25, 0.3) is 0 Å². The summed E-state index contributed by atoms with van der Waals surface area (Å²) in [4.78, 5) is 6.44. The summed E-state index contributed by atoms with van der Waals surface area (Å²) in [6, 6.07) is 10.1. The van der Waals surface area contributed by atoms with Gasteiger partial charge in [0.05, 0.1) is 13.2 Å². The van der Waals surface area contributed by atoms with Crippen molar-refractivity contribution >= 4 is 17.3 Å². The van der Waals surface area contributed by atoms with Crippen LogP contribution in [0.5, 0.6) is 11.5 Å². The Morgan fingerprint density at radius 1 is 1.20 bits per heavy atom. The van der Waals surface area contributed by atoms with Gasteiger partial charge in [0.1, 0.15) is 0 Å². The lowest BCUT2D eigenvalue weighted by Crippen LogP contribution is -2.25. The number of nitrogens with zero attached hydrogens (tertiary/aromatic N) is 2. The van der Waals surface area contributed by atoms with E-state index in [2.05, 4.69) is 28.1 Å². The van der Waals surface area contributed by atoms with Crippen LogP contribution in [0.2, 0.25) is 0 Å². The normalized spacial score (nSPS) is 14.5. The fraction of sp³-hybridized carbons (Fsp3) is 0.450. The van der Waals surface area contributed by atoms with Gasteiger partial charge in [0.2, 0.25) is 0 Å². The van der Waals surface area contributed by atoms with Crippen molar-refractivity contribution in [1.29, 1.82) is 0 Å². The van der Waals surface area contributed by atoms with Crippen molar-refractivity contribution in [3.8, 4) is 11.5 Å². The van der Waals surface area contributed by atoms with Gasteiger partial charge < -0.3 is 14.4 Å². The molecule has 0 bridgehead atoms. The molecule has 4 nitrogen and oxygen atoms in total.